The molecule has 2 N–H and O–H groups in total. The predicted molar refractivity (Wildman–Crippen MR) is 76.3 cm³/mol. The minimum Gasteiger partial charge on any atom is -0.438 e. The van der Waals surface area contributed by atoms with Gasteiger partial charge in [-0.15, -0.1) is 11.3 Å². The number of carbonyl (C=O) groups is 1. The van der Waals surface area contributed by atoms with Gasteiger partial charge in [-0.3, -0.25) is 4.79 Å². The fraction of sp³-hybridized carbons (Fsp3) is 0.0714. The van der Waals surface area contributed by atoms with Crippen molar-refractivity contribution in [3.8, 4) is 22.0 Å². The van der Waals surface area contributed by atoms with Crippen LogP contribution in [0.25, 0.3) is 22.0 Å². The molecular weight excluding hydrogens is 293 g/mol. The molecule has 1 amide bonds. The summed E-state index contributed by atoms with van der Waals surface area (Å²) >= 11 is 1.24. The molecule has 7 heteroatoms. The van der Waals surface area contributed by atoms with Crippen LogP contribution in [-0.2, 0) is 0 Å². The van der Waals surface area contributed by atoms with Gasteiger partial charge in [-0.25, -0.2) is 14.4 Å². The fourth-order valence-corrected chi connectivity index (χ4v) is 2.66. The first kappa shape index (κ1) is 13.4. The molecule has 2 aromatic heterocycles. The fourth-order valence-electron chi connectivity index (χ4n) is 1.87. The number of aromatic nitrogens is 2. The lowest BCUT2D eigenvalue weighted by Gasteiger charge is -1.98. The van der Waals surface area contributed by atoms with E-state index in [0.717, 1.165) is 0 Å². The normalized spacial score (nSPS) is 10.8. The van der Waals surface area contributed by atoms with Crippen LogP contribution in [-0.4, -0.2) is 15.9 Å². The van der Waals surface area contributed by atoms with Crippen LogP contribution >= 0.6 is 11.3 Å². The maximum atomic E-state index is 13.0. The minimum atomic E-state index is -0.600. The first-order valence-electron chi connectivity index (χ1n) is 6.03. The quantitative estimate of drug-likeness (QED) is 0.806. The van der Waals surface area contributed by atoms with Crippen molar-refractivity contribution < 1.29 is 13.6 Å². The lowest BCUT2D eigenvalue weighted by Crippen LogP contribution is -2.10. The summed E-state index contributed by atoms with van der Waals surface area (Å²) in [6, 6.07) is 5.91. The monoisotopic (exact) mass is 303 g/mol. The number of thiazole rings is 1. The number of hydrogen-bond donors (Lipinski definition) is 1. The van der Waals surface area contributed by atoms with Gasteiger partial charge >= 0.3 is 0 Å². The highest BCUT2D eigenvalue weighted by molar-refractivity contribution is 7.13. The number of hydrogen-bond acceptors (Lipinski definition) is 5. The Kier molecular flexibility index (Phi) is 3.26. The van der Waals surface area contributed by atoms with Crippen LogP contribution < -0.4 is 5.73 Å². The summed E-state index contributed by atoms with van der Waals surface area (Å²) in [6.45, 7) is 1.71. The van der Waals surface area contributed by atoms with Gasteiger partial charge in [-0.05, 0) is 24.3 Å². The van der Waals surface area contributed by atoms with E-state index in [4.69, 9.17) is 10.2 Å². The van der Waals surface area contributed by atoms with Gasteiger partial charge in [0, 0.05) is 17.9 Å². The number of nitrogens with zero attached hydrogens (tertiary/aromatic N) is 2. The second-order valence-corrected chi connectivity index (χ2v) is 5.18. The van der Waals surface area contributed by atoms with Gasteiger partial charge in [-0.2, -0.15) is 0 Å². The van der Waals surface area contributed by atoms with Crippen molar-refractivity contribution in [3.05, 3.63) is 47.0 Å². The molecule has 0 spiro atoms. The number of carbonyl (C=O) groups excluding carboxylic acids is 1. The Labute approximate surface area is 123 Å². The number of rotatable bonds is 3. The number of halogens is 1. The van der Waals surface area contributed by atoms with E-state index in [0.29, 0.717) is 27.9 Å². The second kappa shape index (κ2) is 5.10. The molecule has 0 aliphatic rings. The van der Waals surface area contributed by atoms with Gasteiger partial charge in [0.15, 0.2) is 16.7 Å². The molecule has 0 radical (unpaired) electrons. The smallest absolute Gasteiger partial charge is 0.268 e. The third-order valence-corrected chi connectivity index (χ3v) is 3.64. The Bertz CT molecular complexity index is 808. The number of aryl methyl sites for hydroxylation is 1. The summed E-state index contributed by atoms with van der Waals surface area (Å²) in [4.78, 5) is 19.6. The zero-order valence-corrected chi connectivity index (χ0v) is 11.8. The molecule has 0 atom stereocenters. The number of nitrogens with two attached hydrogens (primary N) is 1. The lowest BCUT2D eigenvalue weighted by molar-refractivity contribution is 0.0996. The molecule has 0 saturated heterocycles. The van der Waals surface area contributed by atoms with Crippen molar-refractivity contribution in [3.63, 3.8) is 0 Å². The molecule has 0 unspecified atom stereocenters. The highest BCUT2D eigenvalue weighted by Gasteiger charge is 2.19. The molecule has 3 rings (SSSR count). The summed E-state index contributed by atoms with van der Waals surface area (Å²) in [6.07, 6.45) is 0. The standard InChI is InChI=1S/C14H10FN3O2S/c1-7-17-11(8-2-4-9(15)5-3-8)12(20-7)14-18-10(6-21-14)13(16)19/h2-6H,1H3,(H2,16,19). The molecule has 1 aromatic carbocycles. The molecule has 0 fully saturated rings. The zero-order chi connectivity index (χ0) is 15.0. The van der Waals surface area contributed by atoms with E-state index in [1.54, 1.807) is 24.4 Å². The number of primary amides is 1. The van der Waals surface area contributed by atoms with E-state index in [1.165, 1.54) is 23.5 Å². The predicted octanol–water partition coefficient (Wildman–Crippen LogP) is 3.01. The molecule has 3 aromatic rings. The average Bonchev–Trinajstić information content (AvgIpc) is 3.06. The van der Waals surface area contributed by atoms with Crippen LogP contribution in [0.2, 0.25) is 0 Å². The Morgan fingerprint density at radius 1 is 1.29 bits per heavy atom. The Balaban J connectivity index is 2.10. The van der Waals surface area contributed by atoms with Crippen LogP contribution in [0.15, 0.2) is 34.1 Å². The Morgan fingerprint density at radius 2 is 2.00 bits per heavy atom. The molecule has 0 saturated carbocycles. The van der Waals surface area contributed by atoms with Crippen molar-refractivity contribution in [1.82, 2.24) is 9.97 Å². The van der Waals surface area contributed by atoms with Gasteiger partial charge in [0.05, 0.1) is 0 Å². The maximum Gasteiger partial charge on any atom is 0.268 e. The lowest BCUT2D eigenvalue weighted by atomic mass is 10.1. The molecule has 5 nitrogen and oxygen atoms in total. The second-order valence-electron chi connectivity index (χ2n) is 4.32. The van der Waals surface area contributed by atoms with Crippen LogP contribution in [0.3, 0.4) is 0 Å². The molecule has 0 aliphatic heterocycles. The van der Waals surface area contributed by atoms with Crippen molar-refractivity contribution in [2.24, 2.45) is 5.73 Å². The van der Waals surface area contributed by atoms with Crippen molar-refractivity contribution >= 4 is 17.2 Å². The summed E-state index contributed by atoms with van der Waals surface area (Å²) in [5, 5.41) is 2.06. The molecule has 21 heavy (non-hydrogen) atoms. The summed E-state index contributed by atoms with van der Waals surface area (Å²) in [7, 11) is 0. The van der Waals surface area contributed by atoms with E-state index < -0.39 is 5.91 Å². The SMILES string of the molecule is Cc1nc(-c2ccc(F)cc2)c(-c2nc(C(N)=O)cs2)o1. The van der Waals surface area contributed by atoms with E-state index in [9.17, 15) is 9.18 Å². The van der Waals surface area contributed by atoms with Crippen LogP contribution in [0.1, 0.15) is 16.4 Å². The number of amides is 1. The van der Waals surface area contributed by atoms with E-state index in [1.807, 2.05) is 0 Å². The highest BCUT2D eigenvalue weighted by Crippen LogP contribution is 2.34. The van der Waals surface area contributed by atoms with E-state index >= 15 is 0 Å². The largest absolute Gasteiger partial charge is 0.438 e. The topological polar surface area (TPSA) is 82.0 Å². The third kappa shape index (κ3) is 2.55. The highest BCUT2D eigenvalue weighted by atomic mass is 32.1. The minimum absolute atomic E-state index is 0.175. The van der Waals surface area contributed by atoms with Crippen molar-refractivity contribution in [2.45, 2.75) is 6.92 Å². The van der Waals surface area contributed by atoms with Crippen LogP contribution in [0.5, 0.6) is 0 Å². The Hall–Kier alpha value is -2.54. The van der Waals surface area contributed by atoms with Crippen LogP contribution in [0, 0.1) is 12.7 Å². The first-order valence-corrected chi connectivity index (χ1v) is 6.91. The molecule has 2 heterocycles. The summed E-state index contributed by atoms with van der Waals surface area (Å²) in [5.74, 6) is -0.0281. The van der Waals surface area contributed by atoms with Gasteiger partial charge in [0.25, 0.3) is 5.91 Å². The molecule has 0 aliphatic carbocycles. The summed E-state index contributed by atoms with van der Waals surface area (Å²) < 4.78 is 18.6. The van der Waals surface area contributed by atoms with E-state index in [2.05, 4.69) is 9.97 Å². The number of benzene rings is 1. The van der Waals surface area contributed by atoms with Gasteiger partial charge in [0.2, 0.25) is 0 Å². The van der Waals surface area contributed by atoms with Gasteiger partial charge in [-0.1, -0.05) is 0 Å². The van der Waals surface area contributed by atoms with Crippen LogP contribution in [0.4, 0.5) is 4.39 Å². The first-order chi connectivity index (χ1) is 10.0. The number of oxazole rings is 1. The molecule has 106 valence electrons. The van der Waals surface area contributed by atoms with Crippen molar-refractivity contribution in [2.75, 3.05) is 0 Å². The summed E-state index contributed by atoms with van der Waals surface area (Å²) in [5.41, 5.74) is 6.63. The van der Waals surface area contributed by atoms with Gasteiger partial charge < -0.3 is 10.2 Å². The third-order valence-electron chi connectivity index (χ3n) is 2.80. The van der Waals surface area contributed by atoms with Gasteiger partial charge in [0.1, 0.15) is 17.2 Å². The zero-order valence-electron chi connectivity index (χ0n) is 11.0. The van der Waals surface area contributed by atoms with Crippen molar-refractivity contribution in [1.29, 1.82) is 0 Å². The molecule has 0 bridgehead atoms. The molecular formula is C14H10FN3O2S. The van der Waals surface area contributed by atoms with E-state index in [-0.39, 0.29) is 11.5 Å². The maximum absolute atomic E-state index is 13.0. The average molecular weight is 303 g/mol. The Morgan fingerprint density at radius 3 is 2.62 bits per heavy atom.